The first-order valence-corrected chi connectivity index (χ1v) is 16.3. The van der Waals surface area contributed by atoms with E-state index < -0.39 is 0 Å². The van der Waals surface area contributed by atoms with E-state index in [1.165, 1.54) is 26.4 Å². The van der Waals surface area contributed by atoms with Crippen LogP contribution in [0.25, 0.3) is 44.6 Å². The molecular weight excluding hydrogens is 687 g/mol. The van der Waals surface area contributed by atoms with E-state index in [0.29, 0.717) is 57.9 Å². The van der Waals surface area contributed by atoms with E-state index in [0.717, 1.165) is 17.0 Å². The van der Waals surface area contributed by atoms with Crippen molar-refractivity contribution in [2.45, 2.75) is 20.3 Å². The highest BCUT2D eigenvalue weighted by Gasteiger charge is 2.26. The highest BCUT2D eigenvalue weighted by molar-refractivity contribution is 5.89. The van der Waals surface area contributed by atoms with Gasteiger partial charge in [0.25, 0.3) is 5.69 Å². The van der Waals surface area contributed by atoms with Gasteiger partial charge in [0.1, 0.15) is 34.5 Å². The number of pyridine rings is 2. The molecule has 19 heteroatoms. The number of aryl methyl sites for hydroxylation is 1. The van der Waals surface area contributed by atoms with Crippen molar-refractivity contribution in [3.05, 3.63) is 114 Å². The minimum atomic E-state index is 0.215. The van der Waals surface area contributed by atoms with Gasteiger partial charge in [-0.05, 0) is 38.1 Å². The van der Waals surface area contributed by atoms with Crippen molar-refractivity contribution in [3.63, 3.8) is 0 Å². The number of hydrogen-bond acceptors (Lipinski definition) is 13. The fourth-order valence-electron chi connectivity index (χ4n) is 5.91. The summed E-state index contributed by atoms with van der Waals surface area (Å²) >= 11 is 0. The summed E-state index contributed by atoms with van der Waals surface area (Å²) in [4.78, 5) is 17.0. The number of benzene rings is 1. The summed E-state index contributed by atoms with van der Waals surface area (Å²) in [7, 11) is 0. The molecule has 0 bridgehead atoms. The highest BCUT2D eigenvalue weighted by Crippen LogP contribution is 2.40. The van der Waals surface area contributed by atoms with Gasteiger partial charge in [-0.15, -0.1) is 40.4 Å². The lowest BCUT2D eigenvalue weighted by atomic mass is 10.0. The average Bonchev–Trinajstić information content (AvgIpc) is 4.05. The molecule has 0 radical (unpaired) electrons. The molecule has 0 fully saturated rings. The molecule has 19 nitrogen and oxygen atoms in total. The zero-order valence-electron chi connectivity index (χ0n) is 28.3. The van der Waals surface area contributed by atoms with E-state index in [4.69, 9.17) is 16.8 Å². The van der Waals surface area contributed by atoms with Crippen molar-refractivity contribution in [2.75, 3.05) is 0 Å². The largest absolute Gasteiger partial charge is 0.324 e. The summed E-state index contributed by atoms with van der Waals surface area (Å²) in [6.07, 6.45) is 6.65. The third-order valence-electron chi connectivity index (χ3n) is 8.37. The fraction of sp³-hybridized carbons (Fsp3) is 0.0857. The number of aromatic nitrogens is 12. The molecule has 54 heavy (non-hydrogen) atoms. The SMILES string of the molecule is [C-]#[N+]c1cnn(-c2ccccn2)c1N=Nc1c(-c2ccc(-c3nn4nc(C)[nH]c4c3N=Nc3c(C#N)cnn3-c3ccccn3)cc2)nn2c1CC(C)=N2. The molecule has 258 valence electrons. The molecule has 7 aromatic heterocycles. The summed E-state index contributed by atoms with van der Waals surface area (Å²) in [5.74, 6) is 2.07. The molecule has 0 saturated heterocycles. The minimum Gasteiger partial charge on any atom is -0.324 e. The molecule has 9 rings (SSSR count). The molecule has 0 spiro atoms. The molecule has 0 amide bonds. The third kappa shape index (κ3) is 5.37. The highest BCUT2D eigenvalue weighted by atomic mass is 15.5. The van der Waals surface area contributed by atoms with Gasteiger partial charge in [-0.3, -0.25) is 0 Å². The van der Waals surface area contributed by atoms with Crippen LogP contribution in [0.5, 0.6) is 0 Å². The minimum absolute atomic E-state index is 0.215. The van der Waals surface area contributed by atoms with E-state index in [2.05, 4.69) is 66.7 Å². The van der Waals surface area contributed by atoms with Crippen molar-refractivity contribution in [2.24, 2.45) is 25.6 Å². The maximum atomic E-state index is 9.80. The van der Waals surface area contributed by atoms with Gasteiger partial charge >= 0.3 is 0 Å². The van der Waals surface area contributed by atoms with Crippen LogP contribution < -0.4 is 0 Å². The number of nitrogens with zero attached hydrogens (tertiary/aromatic N) is 18. The van der Waals surface area contributed by atoms with Crippen LogP contribution in [0.15, 0.2) is 111 Å². The van der Waals surface area contributed by atoms with Gasteiger partial charge in [-0.2, -0.15) is 30.0 Å². The van der Waals surface area contributed by atoms with Gasteiger partial charge in [-0.1, -0.05) is 36.4 Å². The first-order valence-electron chi connectivity index (χ1n) is 16.3. The van der Waals surface area contributed by atoms with Crippen LogP contribution in [0, 0.1) is 24.8 Å². The number of nitrogens with one attached hydrogen (secondary N) is 1. The lowest BCUT2D eigenvalue weighted by Gasteiger charge is -2.04. The molecule has 0 aliphatic carbocycles. The maximum absolute atomic E-state index is 9.80. The summed E-state index contributed by atoms with van der Waals surface area (Å²) in [5.41, 5.74) is 6.02. The van der Waals surface area contributed by atoms with E-state index in [-0.39, 0.29) is 22.9 Å². The second-order valence-corrected chi connectivity index (χ2v) is 11.9. The number of H-pyrrole nitrogens is 1. The second-order valence-electron chi connectivity index (χ2n) is 11.9. The summed E-state index contributed by atoms with van der Waals surface area (Å²) in [6, 6.07) is 20.4. The number of hydrogen-bond donors (Lipinski definition) is 1. The predicted molar refractivity (Wildman–Crippen MR) is 193 cm³/mol. The van der Waals surface area contributed by atoms with Crippen LogP contribution in [-0.2, 0) is 6.42 Å². The Morgan fingerprint density at radius 1 is 0.778 bits per heavy atom. The van der Waals surface area contributed by atoms with Crippen molar-refractivity contribution in [1.82, 2.24) is 59.2 Å². The molecule has 8 heterocycles. The lowest BCUT2D eigenvalue weighted by Crippen LogP contribution is -1.97. The Morgan fingerprint density at radius 3 is 2.09 bits per heavy atom. The molecule has 8 aromatic rings. The quantitative estimate of drug-likeness (QED) is 0.127. The molecule has 1 N–H and O–H groups in total. The van der Waals surface area contributed by atoms with Gasteiger partial charge in [0.05, 0.1) is 24.7 Å². The zero-order chi connectivity index (χ0) is 36.8. The number of rotatable bonds is 8. The standard InChI is InChI=1S/C35H23N19/c1-20-16-26-31(43-46-34-25(37-3)19-41-52(34)28-9-5-7-15-39-28)29(49-53(26)47-20)22-10-12-23(13-11-22)30-32(35-42-21(2)48-54(35)50-30)44-45-33-24(17-36)18-40-51(33)27-8-4-6-14-38-27/h4-15,18-19H,16H2,1-2H3,(H,42,48). The van der Waals surface area contributed by atoms with Gasteiger partial charge in [-0.25, -0.2) is 19.5 Å². The lowest BCUT2D eigenvalue weighted by molar-refractivity contribution is 0.739. The van der Waals surface area contributed by atoms with Crippen LogP contribution in [0.3, 0.4) is 0 Å². The number of azo groups is 2. The van der Waals surface area contributed by atoms with Gasteiger partial charge < -0.3 is 4.98 Å². The average molecular weight is 710 g/mol. The summed E-state index contributed by atoms with van der Waals surface area (Å²) in [6.45, 7) is 11.4. The first-order chi connectivity index (χ1) is 26.5. The van der Waals surface area contributed by atoms with Crippen molar-refractivity contribution < 1.29 is 0 Å². The normalized spacial score (nSPS) is 12.5. The van der Waals surface area contributed by atoms with E-state index >= 15 is 0 Å². The van der Waals surface area contributed by atoms with Crippen LogP contribution in [-0.4, -0.2) is 64.9 Å². The Kier molecular flexibility index (Phi) is 7.49. The molecule has 1 aliphatic heterocycles. The van der Waals surface area contributed by atoms with Gasteiger partial charge in [0.2, 0.25) is 0 Å². The van der Waals surface area contributed by atoms with Crippen LogP contribution in [0.2, 0.25) is 0 Å². The van der Waals surface area contributed by atoms with E-state index in [1.54, 1.807) is 41.4 Å². The maximum Gasteiger partial charge on any atom is 0.252 e. The molecule has 1 aliphatic rings. The monoisotopic (exact) mass is 709 g/mol. The van der Waals surface area contributed by atoms with Crippen LogP contribution in [0.1, 0.15) is 24.0 Å². The topological polar surface area (TPSA) is 215 Å². The number of nitriles is 1. The van der Waals surface area contributed by atoms with Crippen molar-refractivity contribution in [3.8, 4) is 40.2 Å². The second kappa shape index (κ2) is 12.8. The Labute approximate surface area is 304 Å². The van der Waals surface area contributed by atoms with Crippen molar-refractivity contribution >= 4 is 40.1 Å². The third-order valence-corrected chi connectivity index (χ3v) is 8.37. The van der Waals surface area contributed by atoms with E-state index in [9.17, 15) is 5.26 Å². The first kappa shape index (κ1) is 31.6. The van der Waals surface area contributed by atoms with E-state index in [1.807, 2.05) is 50.2 Å². The number of fused-ring (bicyclic) bond motifs is 2. The van der Waals surface area contributed by atoms with Crippen LogP contribution in [0.4, 0.5) is 28.7 Å². The Balaban J connectivity index is 1.10. The Morgan fingerprint density at radius 2 is 1.43 bits per heavy atom. The van der Waals surface area contributed by atoms with Crippen LogP contribution >= 0.6 is 0 Å². The van der Waals surface area contributed by atoms with Gasteiger partial charge in [0, 0.05) is 35.7 Å². The predicted octanol–water partition coefficient (Wildman–Crippen LogP) is 7.09. The number of aromatic amines is 1. The Hall–Kier alpha value is -8.32. The zero-order valence-corrected chi connectivity index (χ0v) is 28.3. The molecule has 1 aromatic carbocycles. The molecular formula is C35H23N19. The summed E-state index contributed by atoms with van der Waals surface area (Å²) in [5, 5.41) is 55.2. The molecule has 0 unspecified atom stereocenters. The Bertz CT molecular complexity index is 2890. The van der Waals surface area contributed by atoms with Crippen molar-refractivity contribution in [1.29, 1.82) is 5.26 Å². The van der Waals surface area contributed by atoms with Gasteiger partial charge in [0.15, 0.2) is 34.6 Å². The molecule has 0 saturated carbocycles. The summed E-state index contributed by atoms with van der Waals surface area (Å²) < 4.78 is 4.38. The smallest absolute Gasteiger partial charge is 0.252 e. The molecule has 0 atom stereocenters. The fourth-order valence-corrected chi connectivity index (χ4v) is 5.91.